The largest absolute Gasteiger partial charge is 0.416 e. The molecule has 7 nitrogen and oxygen atoms in total. The lowest BCUT2D eigenvalue weighted by atomic mass is 9.93. The minimum atomic E-state index is -4.94. The summed E-state index contributed by atoms with van der Waals surface area (Å²) in [5, 5.41) is 14.4. The standard InChI is InChI=1S/C22H23F6N7/c1-4-16-10-18(19-17(30-16)6-5-12(2)29-19)35(20-31-33-34(3)32-20)11-13-7-14(21(23,24)25)9-15(8-13)22(26,27)28/h5-9,16,18,30H,4,10-11H2,1-3H3/p+1/t16-,18+/m1/s1. The molecule has 1 aliphatic heterocycles. The van der Waals surface area contributed by atoms with Crippen molar-refractivity contribution in [2.75, 3.05) is 10.2 Å². The van der Waals surface area contributed by atoms with Crippen LogP contribution in [0.5, 0.6) is 0 Å². The molecule has 1 aromatic carbocycles. The predicted octanol–water partition coefficient (Wildman–Crippen LogP) is 4.71. The van der Waals surface area contributed by atoms with Crippen LogP contribution in [0.15, 0.2) is 30.3 Å². The van der Waals surface area contributed by atoms with Gasteiger partial charge in [-0.2, -0.15) is 26.3 Å². The number of aromatic nitrogens is 5. The number of aromatic amines is 1. The fourth-order valence-corrected chi connectivity index (χ4v) is 4.20. The Morgan fingerprint density at radius 3 is 2.26 bits per heavy atom. The number of hydrogen-bond donors (Lipinski definition) is 2. The molecule has 0 bridgehead atoms. The molecule has 0 saturated heterocycles. The normalized spacial score (nSPS) is 18.2. The molecule has 35 heavy (non-hydrogen) atoms. The van der Waals surface area contributed by atoms with Gasteiger partial charge < -0.3 is 10.2 Å². The highest BCUT2D eigenvalue weighted by Crippen LogP contribution is 2.40. The van der Waals surface area contributed by atoms with Gasteiger partial charge in [-0.25, -0.2) is 0 Å². The number of rotatable bonds is 5. The van der Waals surface area contributed by atoms with Gasteiger partial charge in [-0.15, -0.1) is 0 Å². The van der Waals surface area contributed by atoms with Gasteiger partial charge >= 0.3 is 18.3 Å². The van der Waals surface area contributed by atoms with E-state index in [2.05, 4.69) is 25.7 Å². The van der Waals surface area contributed by atoms with Crippen LogP contribution in [-0.2, 0) is 25.9 Å². The van der Waals surface area contributed by atoms with E-state index in [4.69, 9.17) is 0 Å². The topological polar surface area (TPSA) is 73.6 Å². The number of pyridine rings is 1. The van der Waals surface area contributed by atoms with E-state index >= 15 is 0 Å². The number of H-pyrrole nitrogens is 1. The van der Waals surface area contributed by atoms with Gasteiger partial charge in [0.1, 0.15) is 7.05 Å². The molecule has 13 heteroatoms. The predicted molar refractivity (Wildman–Crippen MR) is 114 cm³/mol. The van der Waals surface area contributed by atoms with Crippen molar-refractivity contribution in [1.82, 2.24) is 20.4 Å². The first kappa shape index (κ1) is 24.7. The Hall–Kier alpha value is -3.38. The van der Waals surface area contributed by atoms with Crippen LogP contribution < -0.4 is 15.0 Å². The minimum absolute atomic E-state index is 0.0134. The maximum absolute atomic E-state index is 13.5. The zero-order valence-corrected chi connectivity index (χ0v) is 19.2. The second-order valence-corrected chi connectivity index (χ2v) is 8.56. The Morgan fingerprint density at radius 2 is 1.71 bits per heavy atom. The molecule has 188 valence electrons. The second-order valence-electron chi connectivity index (χ2n) is 8.56. The van der Waals surface area contributed by atoms with Crippen molar-refractivity contribution in [2.24, 2.45) is 7.05 Å². The number of fused-ring (bicyclic) bond motifs is 1. The second kappa shape index (κ2) is 9.00. The van der Waals surface area contributed by atoms with Crippen molar-refractivity contribution < 1.29 is 31.1 Å². The summed E-state index contributed by atoms with van der Waals surface area (Å²) in [4.78, 5) is 7.54. The molecule has 0 saturated carbocycles. The first-order valence-corrected chi connectivity index (χ1v) is 10.9. The quantitative estimate of drug-likeness (QED) is 0.392. The van der Waals surface area contributed by atoms with Crippen molar-refractivity contribution in [3.8, 4) is 0 Å². The van der Waals surface area contributed by atoms with Gasteiger partial charge in [-0.3, -0.25) is 4.98 Å². The summed E-state index contributed by atoms with van der Waals surface area (Å²) in [6, 6.07) is 4.82. The number of benzene rings is 1. The number of hydrogen-bond acceptors (Lipinski definition) is 5. The van der Waals surface area contributed by atoms with E-state index in [1.165, 1.54) is 4.80 Å². The Kier molecular flexibility index (Phi) is 6.36. The Morgan fingerprint density at radius 1 is 1.06 bits per heavy atom. The van der Waals surface area contributed by atoms with Crippen LogP contribution in [0, 0.1) is 6.92 Å². The number of nitrogens with one attached hydrogen (secondary N) is 2. The number of nitrogens with zero attached hydrogens (tertiary/aromatic N) is 5. The minimum Gasteiger partial charge on any atom is -0.381 e. The molecule has 0 amide bonds. The highest BCUT2D eigenvalue weighted by atomic mass is 19.4. The molecular formula is C22H24F6N7+. The van der Waals surface area contributed by atoms with Crippen LogP contribution >= 0.6 is 0 Å². The Bertz CT molecular complexity index is 1170. The first-order valence-electron chi connectivity index (χ1n) is 10.9. The molecule has 0 unspecified atom stereocenters. The highest BCUT2D eigenvalue weighted by Gasteiger charge is 2.39. The molecule has 0 aliphatic carbocycles. The van der Waals surface area contributed by atoms with Crippen LogP contribution in [-0.4, -0.2) is 26.4 Å². The summed E-state index contributed by atoms with van der Waals surface area (Å²) in [6.07, 6.45) is -8.62. The molecule has 0 spiro atoms. The maximum atomic E-state index is 13.5. The van der Waals surface area contributed by atoms with Crippen molar-refractivity contribution in [1.29, 1.82) is 0 Å². The fourth-order valence-electron chi connectivity index (χ4n) is 4.20. The number of aryl methyl sites for hydroxylation is 2. The summed E-state index contributed by atoms with van der Waals surface area (Å²) in [5.41, 5.74) is -0.790. The molecular weight excluding hydrogens is 476 g/mol. The maximum Gasteiger partial charge on any atom is 0.416 e. The molecule has 2 N–H and O–H groups in total. The number of tetrazole rings is 1. The lowest BCUT2D eigenvalue weighted by molar-refractivity contribution is -0.783. The van der Waals surface area contributed by atoms with E-state index < -0.39 is 29.5 Å². The Labute approximate surface area is 197 Å². The third-order valence-corrected chi connectivity index (χ3v) is 5.91. The molecule has 0 radical (unpaired) electrons. The van der Waals surface area contributed by atoms with Crippen LogP contribution in [0.2, 0.25) is 0 Å². The van der Waals surface area contributed by atoms with E-state index in [9.17, 15) is 26.3 Å². The molecule has 4 rings (SSSR count). The van der Waals surface area contributed by atoms with Crippen molar-refractivity contribution in [3.63, 3.8) is 0 Å². The van der Waals surface area contributed by atoms with Crippen LogP contribution in [0.25, 0.3) is 0 Å². The average molecular weight is 500 g/mol. The SMILES string of the molecule is CC[C@@H]1C[C@H](N(Cc2cc(C(F)(F)F)cc(C(F)(F)F)c2)c2n[nH][n+](C)n2)c2nc(C)ccc2N1. The Balaban J connectivity index is 1.84. The van der Waals surface area contributed by atoms with Gasteiger partial charge in [0, 0.05) is 23.4 Å². The monoisotopic (exact) mass is 500 g/mol. The summed E-state index contributed by atoms with van der Waals surface area (Å²) in [6.45, 7) is 3.50. The van der Waals surface area contributed by atoms with Crippen LogP contribution in [0.3, 0.4) is 0 Å². The van der Waals surface area contributed by atoms with Crippen LogP contribution in [0.4, 0.5) is 38.0 Å². The summed E-state index contributed by atoms with van der Waals surface area (Å²) < 4.78 is 80.8. The lowest BCUT2D eigenvalue weighted by Crippen LogP contribution is -2.39. The smallest absolute Gasteiger partial charge is 0.381 e. The van der Waals surface area contributed by atoms with Crippen LogP contribution in [0.1, 0.15) is 53.9 Å². The average Bonchev–Trinajstić information content (AvgIpc) is 3.21. The van der Waals surface area contributed by atoms with Gasteiger partial charge in [0.05, 0.1) is 33.6 Å². The van der Waals surface area contributed by atoms with Crippen molar-refractivity contribution >= 4 is 11.6 Å². The van der Waals surface area contributed by atoms with Gasteiger partial charge in [-0.05, 0) is 60.9 Å². The van der Waals surface area contributed by atoms with E-state index in [0.717, 1.165) is 29.9 Å². The molecule has 1 aliphatic rings. The summed E-state index contributed by atoms with van der Waals surface area (Å²) >= 11 is 0. The molecule has 3 aromatic rings. The van der Waals surface area contributed by atoms with Gasteiger partial charge in [0.25, 0.3) is 0 Å². The summed E-state index contributed by atoms with van der Waals surface area (Å²) in [5.74, 6) is 0.134. The van der Waals surface area contributed by atoms with Gasteiger partial charge in [-0.1, -0.05) is 11.7 Å². The van der Waals surface area contributed by atoms with Gasteiger partial charge in [0.15, 0.2) is 0 Å². The zero-order valence-electron chi connectivity index (χ0n) is 19.2. The van der Waals surface area contributed by atoms with E-state index in [1.54, 1.807) is 11.9 Å². The van der Waals surface area contributed by atoms with Crippen molar-refractivity contribution in [2.45, 2.75) is 57.7 Å². The van der Waals surface area contributed by atoms with E-state index in [-0.39, 0.29) is 30.2 Å². The molecule has 0 fully saturated rings. The van der Waals surface area contributed by atoms with E-state index in [0.29, 0.717) is 12.1 Å². The van der Waals surface area contributed by atoms with E-state index in [1.807, 2.05) is 26.0 Å². The lowest BCUT2D eigenvalue weighted by Gasteiger charge is -2.37. The molecule has 2 atom stereocenters. The highest BCUT2D eigenvalue weighted by molar-refractivity contribution is 5.55. The fraction of sp³-hybridized carbons (Fsp3) is 0.455. The third-order valence-electron chi connectivity index (χ3n) is 5.91. The third kappa shape index (κ3) is 5.33. The zero-order chi connectivity index (χ0) is 25.5. The number of anilines is 2. The molecule has 3 heterocycles. The number of halogens is 6. The molecule has 2 aromatic heterocycles. The first-order chi connectivity index (χ1) is 16.3. The van der Waals surface area contributed by atoms with Crippen molar-refractivity contribution in [3.05, 3.63) is 58.4 Å². The summed E-state index contributed by atoms with van der Waals surface area (Å²) in [7, 11) is 1.58. The van der Waals surface area contributed by atoms with Gasteiger partial charge in [0.2, 0.25) is 0 Å². The number of alkyl halides is 6.